The molecule has 1 N–H and O–H groups in total. The first-order chi connectivity index (χ1) is 10.1. The lowest BCUT2D eigenvalue weighted by Gasteiger charge is -2.06. The fourth-order valence-electron chi connectivity index (χ4n) is 1.75. The maximum absolute atomic E-state index is 11.9. The number of carbonyl (C=O) groups is 1. The summed E-state index contributed by atoms with van der Waals surface area (Å²) in [6.07, 6.45) is 1.89. The van der Waals surface area contributed by atoms with E-state index in [1.807, 2.05) is 25.1 Å². The van der Waals surface area contributed by atoms with E-state index in [-0.39, 0.29) is 5.91 Å². The van der Waals surface area contributed by atoms with Gasteiger partial charge in [0.15, 0.2) is 0 Å². The fraction of sp³-hybridized carbons (Fsp3) is 0.357. The first-order valence-corrected chi connectivity index (χ1v) is 8.18. The van der Waals surface area contributed by atoms with Crippen LogP contribution in [0.5, 0.6) is 5.75 Å². The Bertz CT molecular complexity index is 630. The molecule has 1 amide bonds. The third-order valence-electron chi connectivity index (χ3n) is 2.87. The van der Waals surface area contributed by atoms with E-state index in [0.717, 1.165) is 27.2 Å². The minimum atomic E-state index is -0.0549. The van der Waals surface area contributed by atoms with Crippen LogP contribution in [-0.2, 0) is 17.6 Å². The summed E-state index contributed by atoms with van der Waals surface area (Å²) in [5.74, 6) is 0.727. The number of nitrogens with one attached hydrogen (secondary N) is 1. The minimum absolute atomic E-state index is 0.0549. The Morgan fingerprint density at radius 1 is 1.43 bits per heavy atom. The number of methoxy groups -OCH3 is 1. The summed E-state index contributed by atoms with van der Waals surface area (Å²) in [7, 11) is 1.62. The Hall–Kier alpha value is -1.47. The van der Waals surface area contributed by atoms with Gasteiger partial charge in [-0.05, 0) is 46.5 Å². The number of rotatable bonds is 6. The van der Waals surface area contributed by atoms with Crippen molar-refractivity contribution in [1.82, 2.24) is 10.2 Å². The number of anilines is 1. The monoisotopic (exact) mass is 369 g/mol. The molecule has 0 aliphatic heterocycles. The number of halogens is 1. The van der Waals surface area contributed by atoms with Crippen LogP contribution in [-0.4, -0.2) is 23.2 Å². The van der Waals surface area contributed by atoms with Crippen LogP contribution >= 0.6 is 27.3 Å². The Balaban J connectivity index is 1.87. The van der Waals surface area contributed by atoms with E-state index in [4.69, 9.17) is 4.74 Å². The lowest BCUT2D eigenvalue weighted by atomic mass is 10.1. The van der Waals surface area contributed by atoms with Gasteiger partial charge in [0.1, 0.15) is 10.8 Å². The summed E-state index contributed by atoms with van der Waals surface area (Å²) < 4.78 is 6.07. The Labute approximate surface area is 135 Å². The lowest BCUT2D eigenvalue weighted by Crippen LogP contribution is -2.12. The molecule has 7 heteroatoms. The molecule has 0 aliphatic carbocycles. The number of hydrogen-bond donors (Lipinski definition) is 1. The van der Waals surface area contributed by atoms with Gasteiger partial charge in [-0.25, -0.2) is 0 Å². The number of nitrogens with zero attached hydrogens (tertiary/aromatic N) is 2. The highest BCUT2D eigenvalue weighted by Crippen LogP contribution is 2.26. The second-order valence-corrected chi connectivity index (χ2v) is 6.29. The van der Waals surface area contributed by atoms with Crippen LogP contribution in [0.4, 0.5) is 5.13 Å². The topological polar surface area (TPSA) is 64.1 Å². The SMILES string of the molecule is CCc1nnc(NC(=O)CCc2ccc(OC)c(Br)c2)s1. The summed E-state index contributed by atoms with van der Waals surface area (Å²) in [6, 6.07) is 5.80. The number of hydrogen-bond acceptors (Lipinski definition) is 5. The molecule has 0 bridgehead atoms. The van der Waals surface area contributed by atoms with Crippen molar-refractivity contribution in [3.63, 3.8) is 0 Å². The third-order valence-corrected chi connectivity index (χ3v) is 4.48. The van der Waals surface area contributed by atoms with E-state index < -0.39 is 0 Å². The zero-order valence-electron chi connectivity index (χ0n) is 11.9. The molecule has 5 nitrogen and oxygen atoms in total. The highest BCUT2D eigenvalue weighted by Gasteiger charge is 2.08. The standard InChI is InChI=1S/C14H16BrN3O2S/c1-3-13-17-18-14(21-13)16-12(19)7-5-9-4-6-11(20-2)10(15)8-9/h4,6,8H,3,5,7H2,1-2H3,(H,16,18,19). The van der Waals surface area contributed by atoms with Crippen LogP contribution in [0.3, 0.4) is 0 Å². The third kappa shape index (κ3) is 4.50. The maximum atomic E-state index is 11.9. The number of ether oxygens (including phenoxy) is 1. The van der Waals surface area contributed by atoms with Gasteiger partial charge in [-0.15, -0.1) is 10.2 Å². The van der Waals surface area contributed by atoms with E-state index in [1.165, 1.54) is 11.3 Å². The first kappa shape index (κ1) is 15.9. The minimum Gasteiger partial charge on any atom is -0.496 e. The highest BCUT2D eigenvalue weighted by atomic mass is 79.9. The summed E-state index contributed by atoms with van der Waals surface area (Å²) in [6.45, 7) is 2.01. The van der Waals surface area contributed by atoms with E-state index in [2.05, 4.69) is 31.4 Å². The molecule has 0 aliphatic rings. The number of carbonyl (C=O) groups excluding carboxylic acids is 1. The maximum Gasteiger partial charge on any atom is 0.226 e. The number of aromatic nitrogens is 2. The van der Waals surface area contributed by atoms with Crippen LogP contribution in [0.15, 0.2) is 22.7 Å². The van der Waals surface area contributed by atoms with E-state index in [1.54, 1.807) is 7.11 Å². The first-order valence-electron chi connectivity index (χ1n) is 6.57. The van der Waals surface area contributed by atoms with Crippen LogP contribution < -0.4 is 10.1 Å². The molecular weight excluding hydrogens is 354 g/mol. The average molecular weight is 370 g/mol. The molecule has 1 heterocycles. The van der Waals surface area contributed by atoms with Gasteiger partial charge in [0.25, 0.3) is 0 Å². The molecule has 2 aromatic rings. The van der Waals surface area contributed by atoms with Crippen molar-refractivity contribution in [3.8, 4) is 5.75 Å². The van der Waals surface area contributed by atoms with Gasteiger partial charge in [-0.2, -0.15) is 0 Å². The Kier molecular flexibility index (Phi) is 5.69. The second-order valence-electron chi connectivity index (χ2n) is 4.37. The average Bonchev–Trinajstić information content (AvgIpc) is 2.93. The molecule has 21 heavy (non-hydrogen) atoms. The van der Waals surface area contributed by atoms with Gasteiger partial charge >= 0.3 is 0 Å². The highest BCUT2D eigenvalue weighted by molar-refractivity contribution is 9.10. The fourth-order valence-corrected chi connectivity index (χ4v) is 3.04. The van der Waals surface area contributed by atoms with Crippen LogP contribution in [0.25, 0.3) is 0 Å². The van der Waals surface area contributed by atoms with Gasteiger partial charge in [0.05, 0.1) is 11.6 Å². The number of amides is 1. The number of aryl methyl sites for hydroxylation is 2. The van der Waals surface area contributed by atoms with Crippen molar-refractivity contribution in [1.29, 1.82) is 0 Å². The predicted molar refractivity (Wildman–Crippen MR) is 86.9 cm³/mol. The normalized spacial score (nSPS) is 10.4. The molecule has 2 rings (SSSR count). The van der Waals surface area contributed by atoms with E-state index >= 15 is 0 Å². The Morgan fingerprint density at radius 3 is 2.86 bits per heavy atom. The Morgan fingerprint density at radius 2 is 2.24 bits per heavy atom. The summed E-state index contributed by atoms with van der Waals surface area (Å²) in [5.41, 5.74) is 1.07. The van der Waals surface area contributed by atoms with Gasteiger partial charge in [-0.1, -0.05) is 24.3 Å². The molecule has 1 aromatic heterocycles. The van der Waals surface area contributed by atoms with Crippen molar-refractivity contribution >= 4 is 38.3 Å². The van der Waals surface area contributed by atoms with E-state index in [0.29, 0.717) is 18.0 Å². The van der Waals surface area contributed by atoms with Gasteiger partial charge < -0.3 is 10.1 Å². The summed E-state index contributed by atoms with van der Waals surface area (Å²) >= 11 is 4.85. The van der Waals surface area contributed by atoms with Crippen LogP contribution in [0.1, 0.15) is 23.9 Å². The van der Waals surface area contributed by atoms with Crippen molar-refractivity contribution in [3.05, 3.63) is 33.2 Å². The molecule has 0 atom stereocenters. The molecule has 0 saturated carbocycles. The van der Waals surface area contributed by atoms with Crippen molar-refractivity contribution in [2.24, 2.45) is 0 Å². The van der Waals surface area contributed by atoms with Crippen LogP contribution in [0.2, 0.25) is 0 Å². The largest absolute Gasteiger partial charge is 0.496 e. The summed E-state index contributed by atoms with van der Waals surface area (Å²) in [5, 5.41) is 12.2. The van der Waals surface area contributed by atoms with Gasteiger partial charge in [-0.3, -0.25) is 4.79 Å². The number of benzene rings is 1. The van der Waals surface area contributed by atoms with Crippen molar-refractivity contribution in [2.45, 2.75) is 26.2 Å². The van der Waals surface area contributed by atoms with Gasteiger partial charge in [0, 0.05) is 6.42 Å². The zero-order valence-corrected chi connectivity index (χ0v) is 14.3. The second kappa shape index (κ2) is 7.51. The van der Waals surface area contributed by atoms with E-state index in [9.17, 15) is 4.79 Å². The zero-order chi connectivity index (χ0) is 15.2. The smallest absolute Gasteiger partial charge is 0.226 e. The molecule has 0 unspecified atom stereocenters. The predicted octanol–water partition coefficient (Wildman–Crippen LogP) is 3.44. The molecule has 0 radical (unpaired) electrons. The quantitative estimate of drug-likeness (QED) is 0.846. The van der Waals surface area contributed by atoms with Crippen molar-refractivity contribution in [2.75, 3.05) is 12.4 Å². The van der Waals surface area contributed by atoms with Gasteiger partial charge in [0.2, 0.25) is 11.0 Å². The lowest BCUT2D eigenvalue weighted by molar-refractivity contribution is -0.116. The molecule has 0 spiro atoms. The molecule has 112 valence electrons. The molecule has 0 fully saturated rings. The molecule has 1 aromatic carbocycles. The summed E-state index contributed by atoms with van der Waals surface area (Å²) in [4.78, 5) is 11.9. The van der Waals surface area contributed by atoms with Crippen molar-refractivity contribution < 1.29 is 9.53 Å². The molecule has 0 saturated heterocycles. The molecular formula is C14H16BrN3O2S. The van der Waals surface area contributed by atoms with Crippen LogP contribution in [0, 0.1) is 0 Å².